The van der Waals surface area contributed by atoms with Crippen LogP contribution in [0.1, 0.15) is 13.3 Å². The summed E-state index contributed by atoms with van der Waals surface area (Å²) in [6.45, 7) is 0.273. The van der Waals surface area contributed by atoms with Crippen LogP contribution in [0.2, 0.25) is 0 Å². The van der Waals surface area contributed by atoms with Gasteiger partial charge in [0.15, 0.2) is 0 Å². The van der Waals surface area contributed by atoms with Crippen LogP contribution in [0.25, 0.3) is 0 Å². The summed E-state index contributed by atoms with van der Waals surface area (Å²) >= 11 is 0. The minimum Gasteiger partial charge on any atom is -0.234 e. The largest absolute Gasteiger partial charge is 0.422 e. The van der Waals surface area contributed by atoms with Gasteiger partial charge in [0.2, 0.25) is 14.7 Å². The highest BCUT2D eigenvalue weighted by Crippen LogP contribution is 2.36. The zero-order chi connectivity index (χ0) is 10.9. The highest BCUT2D eigenvalue weighted by atomic mass is 35.7. The second-order valence-electron chi connectivity index (χ2n) is 2.69. The minimum absolute atomic E-state index is 0.273. The van der Waals surface area contributed by atoms with Crippen LogP contribution in [0.3, 0.4) is 0 Å². The van der Waals surface area contributed by atoms with Gasteiger partial charge >= 0.3 is 6.18 Å². The molecule has 0 aliphatic heterocycles. The molecule has 1 atom stereocenters. The van der Waals surface area contributed by atoms with Gasteiger partial charge in [-0.3, -0.25) is 0 Å². The van der Waals surface area contributed by atoms with Crippen molar-refractivity contribution in [2.45, 2.75) is 25.2 Å². The highest BCUT2D eigenvalue weighted by Gasteiger charge is 2.52. The molecule has 80 valence electrons. The lowest BCUT2D eigenvalue weighted by Crippen LogP contribution is -2.39. The third-order valence-corrected chi connectivity index (χ3v) is 2.56. The average molecular weight is 243 g/mol. The first kappa shape index (κ1) is 13.0. The summed E-state index contributed by atoms with van der Waals surface area (Å²) in [6.07, 6.45) is -6.27. The van der Waals surface area contributed by atoms with Crippen LogP contribution in [0.5, 0.6) is 0 Å². The summed E-state index contributed by atoms with van der Waals surface area (Å²) in [5, 5.41) is 0. The quantitative estimate of drug-likeness (QED) is 0.562. The van der Waals surface area contributed by atoms with Crippen LogP contribution in [-0.4, -0.2) is 26.0 Å². The molecule has 0 fully saturated rings. The topological polar surface area (TPSA) is 34.1 Å². The molecule has 0 aromatic carbocycles. The molecule has 0 N–H and O–H groups in total. The molecule has 0 aliphatic carbocycles. The predicted octanol–water partition coefficient (Wildman–Crippen LogP) is 2.24. The van der Waals surface area contributed by atoms with Crippen LogP contribution in [0, 0.1) is 0 Å². The monoisotopic (exact) mass is 242 g/mol. The van der Waals surface area contributed by atoms with E-state index in [0.717, 1.165) is 0 Å². The van der Waals surface area contributed by atoms with Gasteiger partial charge in [0.25, 0.3) is 0 Å². The Morgan fingerprint density at radius 3 is 1.85 bits per heavy atom. The number of hydrogen-bond donors (Lipinski definition) is 0. The molecule has 0 rings (SSSR count). The summed E-state index contributed by atoms with van der Waals surface area (Å²) in [5.74, 6) is -1.04. The molecule has 0 aromatic rings. The van der Waals surface area contributed by atoms with Gasteiger partial charge in [-0.15, -0.1) is 0 Å². The van der Waals surface area contributed by atoms with Crippen molar-refractivity contribution in [3.63, 3.8) is 0 Å². The van der Waals surface area contributed by atoms with Crippen molar-refractivity contribution in [2.24, 2.45) is 0 Å². The van der Waals surface area contributed by atoms with E-state index in [4.69, 9.17) is 0 Å². The van der Waals surface area contributed by atoms with E-state index >= 15 is 0 Å². The Hall–Kier alpha value is -0.0400. The van der Waals surface area contributed by atoms with Gasteiger partial charge < -0.3 is 0 Å². The smallest absolute Gasteiger partial charge is 0.234 e. The lowest BCUT2D eigenvalue weighted by Gasteiger charge is -2.22. The second kappa shape index (κ2) is 3.61. The molecule has 1 unspecified atom stereocenters. The number of rotatable bonds is 3. The molecule has 2 nitrogen and oxygen atoms in total. The summed E-state index contributed by atoms with van der Waals surface area (Å²) in [5.41, 5.74) is -3.52. The van der Waals surface area contributed by atoms with Gasteiger partial charge in [0, 0.05) is 17.1 Å². The van der Waals surface area contributed by atoms with E-state index in [1.807, 2.05) is 0 Å². The van der Waals surface area contributed by atoms with Gasteiger partial charge in [-0.05, 0) is 6.92 Å². The van der Waals surface area contributed by atoms with Gasteiger partial charge in [-0.1, -0.05) is 0 Å². The fourth-order valence-electron chi connectivity index (χ4n) is 0.455. The molecule has 0 aromatic heterocycles. The van der Waals surface area contributed by atoms with Crippen LogP contribution in [0.4, 0.5) is 17.6 Å². The molecule has 0 aliphatic rings. The van der Waals surface area contributed by atoms with Crippen molar-refractivity contribution in [3.8, 4) is 0 Å². The van der Waals surface area contributed by atoms with Crippen LogP contribution in [-0.2, 0) is 9.05 Å². The molecular formula is C5H7ClF4O2S. The maximum Gasteiger partial charge on any atom is 0.422 e. The van der Waals surface area contributed by atoms with Crippen molar-refractivity contribution in [2.75, 3.05) is 5.75 Å². The Labute approximate surface area is 77.3 Å². The van der Waals surface area contributed by atoms with Crippen LogP contribution >= 0.6 is 10.7 Å². The van der Waals surface area contributed by atoms with E-state index in [9.17, 15) is 26.0 Å². The molecular weight excluding hydrogens is 236 g/mol. The third-order valence-electron chi connectivity index (χ3n) is 1.41. The molecule has 0 saturated carbocycles. The van der Waals surface area contributed by atoms with E-state index < -0.39 is 33.1 Å². The van der Waals surface area contributed by atoms with E-state index in [1.165, 1.54) is 0 Å². The zero-order valence-corrected chi connectivity index (χ0v) is 8.10. The first-order valence-corrected chi connectivity index (χ1v) is 5.61. The van der Waals surface area contributed by atoms with Gasteiger partial charge in [-0.2, -0.15) is 13.2 Å². The van der Waals surface area contributed by atoms with Crippen LogP contribution < -0.4 is 0 Å². The summed E-state index contributed by atoms with van der Waals surface area (Å²) in [4.78, 5) is 0. The molecule has 0 radical (unpaired) electrons. The van der Waals surface area contributed by atoms with Crippen LogP contribution in [0.15, 0.2) is 0 Å². The molecule has 8 heteroatoms. The van der Waals surface area contributed by atoms with Crippen molar-refractivity contribution >= 4 is 19.7 Å². The Kier molecular flexibility index (Phi) is 3.59. The Morgan fingerprint density at radius 2 is 1.62 bits per heavy atom. The maximum absolute atomic E-state index is 12.7. The Morgan fingerprint density at radius 1 is 1.23 bits per heavy atom. The van der Waals surface area contributed by atoms with Crippen molar-refractivity contribution < 1.29 is 26.0 Å². The van der Waals surface area contributed by atoms with E-state index in [-0.39, 0.29) is 6.92 Å². The summed E-state index contributed by atoms with van der Waals surface area (Å²) in [6, 6.07) is 0. The summed E-state index contributed by atoms with van der Waals surface area (Å²) < 4.78 is 68.5. The molecule has 0 spiro atoms. The molecule has 0 bridgehead atoms. The van der Waals surface area contributed by atoms with Gasteiger partial charge in [0.05, 0.1) is 5.75 Å². The molecule has 0 amide bonds. The number of hydrogen-bond acceptors (Lipinski definition) is 2. The normalized spacial score (nSPS) is 18.3. The first-order chi connectivity index (χ1) is 5.46. The number of halogens is 5. The van der Waals surface area contributed by atoms with Gasteiger partial charge in [-0.25, -0.2) is 12.8 Å². The van der Waals surface area contributed by atoms with E-state index in [2.05, 4.69) is 10.7 Å². The fourth-order valence-corrected chi connectivity index (χ4v) is 1.31. The zero-order valence-electron chi connectivity index (χ0n) is 6.53. The Bertz CT molecular complexity index is 269. The fraction of sp³-hybridized carbons (Fsp3) is 1.00. The lowest BCUT2D eigenvalue weighted by molar-refractivity contribution is -0.224. The van der Waals surface area contributed by atoms with E-state index in [0.29, 0.717) is 0 Å². The maximum atomic E-state index is 12.7. The van der Waals surface area contributed by atoms with Crippen molar-refractivity contribution in [3.05, 3.63) is 0 Å². The lowest BCUT2D eigenvalue weighted by atomic mass is 10.1. The highest BCUT2D eigenvalue weighted by molar-refractivity contribution is 8.13. The summed E-state index contributed by atoms with van der Waals surface area (Å²) in [7, 11) is 0.542. The third kappa shape index (κ3) is 4.66. The standard InChI is InChI=1S/C5H7ClF4O2S/c1-4(7,5(8,9)10)2-3-13(6,11)12/h2-3H2,1H3. The predicted molar refractivity (Wildman–Crippen MR) is 39.8 cm³/mol. The second-order valence-corrected chi connectivity index (χ2v) is 5.58. The molecule has 0 heterocycles. The molecule has 13 heavy (non-hydrogen) atoms. The molecule has 0 saturated heterocycles. The SMILES string of the molecule is CC(F)(CCS(=O)(=O)Cl)C(F)(F)F. The average Bonchev–Trinajstić information content (AvgIpc) is 1.79. The van der Waals surface area contributed by atoms with Crippen molar-refractivity contribution in [1.29, 1.82) is 0 Å². The van der Waals surface area contributed by atoms with Gasteiger partial charge in [0.1, 0.15) is 0 Å². The van der Waals surface area contributed by atoms with E-state index in [1.54, 1.807) is 0 Å². The minimum atomic E-state index is -5.07. The van der Waals surface area contributed by atoms with Crippen molar-refractivity contribution in [1.82, 2.24) is 0 Å². The number of alkyl halides is 4. The first-order valence-electron chi connectivity index (χ1n) is 3.14. The Balaban J connectivity index is 4.38.